The summed E-state index contributed by atoms with van der Waals surface area (Å²) in [6, 6.07) is 21.0. The Morgan fingerprint density at radius 3 is 2.17 bits per heavy atom. The lowest BCUT2D eigenvalue weighted by Gasteiger charge is -2.28. The number of hydrogen-bond acceptors (Lipinski definition) is 4. The number of hydrogen-bond donors (Lipinski definition) is 1. The fourth-order valence-corrected chi connectivity index (χ4v) is 5.56. The molecule has 0 aliphatic carbocycles. The van der Waals surface area contributed by atoms with Gasteiger partial charge >= 0.3 is 0 Å². The molecule has 1 fully saturated rings. The molecule has 1 heterocycles. The van der Waals surface area contributed by atoms with Gasteiger partial charge in [-0.2, -0.15) is 0 Å². The highest BCUT2D eigenvalue weighted by atomic mass is 35.5. The van der Waals surface area contributed by atoms with Gasteiger partial charge in [-0.15, -0.1) is 0 Å². The highest BCUT2D eigenvalue weighted by molar-refractivity contribution is 7.92. The van der Waals surface area contributed by atoms with E-state index in [4.69, 9.17) is 11.6 Å². The standard InChI is InChI=1S/C26H26ClN3O4S/c27-20-13-15-22(16-14-20)35(33,34)30(21-9-3-1-4-10-21)19-25(31)28-24-12-6-5-11-23(24)26(32)29-17-7-2-8-18-29/h1,3-6,9-16H,2,7-8,17-19H2,(H,28,31). The van der Waals surface area contributed by atoms with E-state index < -0.39 is 22.5 Å². The van der Waals surface area contributed by atoms with Crippen LogP contribution in [0.5, 0.6) is 0 Å². The van der Waals surface area contributed by atoms with E-state index in [0.717, 1.165) is 23.6 Å². The monoisotopic (exact) mass is 511 g/mol. The second kappa shape index (κ2) is 10.9. The molecule has 35 heavy (non-hydrogen) atoms. The first-order valence-corrected chi connectivity index (χ1v) is 13.2. The lowest BCUT2D eigenvalue weighted by Crippen LogP contribution is -2.39. The van der Waals surface area contributed by atoms with Gasteiger partial charge in [0.05, 0.1) is 21.8 Å². The molecule has 2 amide bonds. The normalized spacial score (nSPS) is 13.8. The average molecular weight is 512 g/mol. The van der Waals surface area contributed by atoms with Gasteiger partial charge in [0.25, 0.3) is 15.9 Å². The molecule has 182 valence electrons. The summed E-state index contributed by atoms with van der Waals surface area (Å²) in [5.74, 6) is -0.709. The van der Waals surface area contributed by atoms with Crippen molar-refractivity contribution in [2.45, 2.75) is 24.2 Å². The van der Waals surface area contributed by atoms with Gasteiger partial charge in [0.1, 0.15) is 6.54 Å². The summed E-state index contributed by atoms with van der Waals surface area (Å²) < 4.78 is 28.0. The summed E-state index contributed by atoms with van der Waals surface area (Å²) in [5.41, 5.74) is 1.08. The van der Waals surface area contributed by atoms with Crippen molar-refractivity contribution < 1.29 is 18.0 Å². The van der Waals surface area contributed by atoms with Gasteiger partial charge in [-0.1, -0.05) is 41.9 Å². The van der Waals surface area contributed by atoms with Gasteiger partial charge in [-0.25, -0.2) is 8.42 Å². The third-order valence-corrected chi connectivity index (χ3v) is 7.85. The maximum Gasteiger partial charge on any atom is 0.264 e. The summed E-state index contributed by atoms with van der Waals surface area (Å²) in [7, 11) is -4.06. The number of carbonyl (C=O) groups excluding carboxylic acids is 2. The van der Waals surface area contributed by atoms with E-state index in [0.29, 0.717) is 35.1 Å². The second-order valence-corrected chi connectivity index (χ2v) is 10.5. The Hall–Kier alpha value is -3.36. The summed E-state index contributed by atoms with van der Waals surface area (Å²) in [5, 5.41) is 3.16. The summed E-state index contributed by atoms with van der Waals surface area (Å²) in [4.78, 5) is 28.0. The number of nitrogens with one attached hydrogen (secondary N) is 1. The van der Waals surface area contributed by atoms with E-state index in [1.165, 1.54) is 24.3 Å². The first-order valence-electron chi connectivity index (χ1n) is 11.4. The highest BCUT2D eigenvalue weighted by Crippen LogP contribution is 2.25. The van der Waals surface area contributed by atoms with Gasteiger partial charge in [0.15, 0.2) is 0 Å². The van der Waals surface area contributed by atoms with Crippen molar-refractivity contribution in [1.29, 1.82) is 0 Å². The number of anilines is 2. The third kappa shape index (κ3) is 5.83. The summed E-state index contributed by atoms with van der Waals surface area (Å²) in [6.07, 6.45) is 3.00. The number of amides is 2. The predicted octanol–water partition coefficient (Wildman–Crippen LogP) is 4.80. The van der Waals surface area contributed by atoms with Crippen molar-refractivity contribution >= 4 is 44.8 Å². The Morgan fingerprint density at radius 2 is 1.49 bits per heavy atom. The van der Waals surface area contributed by atoms with Gasteiger partial charge in [0, 0.05) is 18.1 Å². The maximum atomic E-state index is 13.5. The minimum Gasteiger partial charge on any atom is -0.339 e. The zero-order chi connectivity index (χ0) is 24.8. The molecule has 9 heteroatoms. The van der Waals surface area contributed by atoms with E-state index in [2.05, 4.69) is 5.32 Å². The Kier molecular flexibility index (Phi) is 7.73. The number of rotatable bonds is 7. The molecule has 0 saturated carbocycles. The minimum atomic E-state index is -4.06. The molecule has 0 unspecified atom stereocenters. The van der Waals surface area contributed by atoms with Crippen LogP contribution in [0.25, 0.3) is 0 Å². The van der Waals surface area contributed by atoms with Gasteiger partial charge in [0.2, 0.25) is 5.91 Å². The quantitative estimate of drug-likeness (QED) is 0.493. The fraction of sp³-hybridized carbons (Fsp3) is 0.231. The van der Waals surface area contributed by atoms with E-state index in [9.17, 15) is 18.0 Å². The summed E-state index contributed by atoms with van der Waals surface area (Å²) in [6.45, 7) is 0.895. The highest BCUT2D eigenvalue weighted by Gasteiger charge is 2.28. The van der Waals surface area contributed by atoms with Gasteiger partial charge in [-0.05, 0) is 67.8 Å². The molecule has 3 aromatic rings. The number of piperidine rings is 1. The Labute approximate surface area is 210 Å². The Balaban J connectivity index is 1.59. The van der Waals surface area contributed by atoms with Crippen LogP contribution in [0.15, 0.2) is 83.8 Å². The SMILES string of the molecule is O=C(CN(c1ccccc1)S(=O)(=O)c1ccc(Cl)cc1)Nc1ccccc1C(=O)N1CCCCC1. The number of sulfonamides is 1. The minimum absolute atomic E-state index is 0.0132. The zero-order valence-electron chi connectivity index (χ0n) is 19.1. The molecule has 0 atom stereocenters. The first kappa shape index (κ1) is 24.8. The van der Waals surface area contributed by atoms with Crippen LogP contribution in [0.4, 0.5) is 11.4 Å². The van der Waals surface area contributed by atoms with Crippen LogP contribution in [0, 0.1) is 0 Å². The van der Waals surface area contributed by atoms with Crippen LogP contribution in [0.1, 0.15) is 29.6 Å². The van der Waals surface area contributed by atoms with Crippen LogP contribution in [0.3, 0.4) is 0 Å². The lowest BCUT2D eigenvalue weighted by atomic mass is 10.1. The fourth-order valence-electron chi connectivity index (χ4n) is 4.01. The smallest absolute Gasteiger partial charge is 0.264 e. The van der Waals surface area contributed by atoms with Crippen LogP contribution < -0.4 is 9.62 Å². The molecule has 1 saturated heterocycles. The van der Waals surface area contributed by atoms with Crippen molar-refractivity contribution in [2.24, 2.45) is 0 Å². The molecule has 0 aromatic heterocycles. The van der Waals surface area contributed by atoms with E-state index in [1.807, 2.05) is 0 Å². The molecule has 1 aliphatic rings. The second-order valence-electron chi connectivity index (χ2n) is 8.25. The molecule has 1 N–H and O–H groups in total. The molecule has 7 nitrogen and oxygen atoms in total. The number of nitrogens with zero attached hydrogens (tertiary/aromatic N) is 2. The van der Waals surface area contributed by atoms with Crippen LogP contribution in [0.2, 0.25) is 5.02 Å². The van der Waals surface area contributed by atoms with Crippen LogP contribution in [-0.2, 0) is 14.8 Å². The van der Waals surface area contributed by atoms with Crippen LogP contribution >= 0.6 is 11.6 Å². The number of benzene rings is 3. The molecule has 4 rings (SSSR count). The van der Waals surface area contributed by atoms with Gasteiger partial charge < -0.3 is 10.2 Å². The largest absolute Gasteiger partial charge is 0.339 e. The average Bonchev–Trinajstić information content (AvgIpc) is 2.88. The molecule has 0 spiro atoms. The Bertz CT molecular complexity index is 1290. The number of likely N-dealkylation sites (tertiary alicyclic amines) is 1. The van der Waals surface area contributed by atoms with Crippen molar-refractivity contribution in [3.8, 4) is 0 Å². The Morgan fingerprint density at radius 1 is 0.857 bits per heavy atom. The van der Waals surface area contributed by atoms with Gasteiger partial charge in [-0.3, -0.25) is 13.9 Å². The van der Waals surface area contributed by atoms with Crippen LogP contribution in [-0.4, -0.2) is 44.8 Å². The third-order valence-electron chi connectivity index (χ3n) is 5.81. The number of para-hydroxylation sites is 2. The molecule has 0 radical (unpaired) electrons. The van der Waals surface area contributed by atoms with E-state index in [-0.39, 0.29) is 10.8 Å². The van der Waals surface area contributed by atoms with E-state index in [1.54, 1.807) is 59.5 Å². The maximum absolute atomic E-state index is 13.5. The van der Waals surface area contributed by atoms with Crippen molar-refractivity contribution in [3.05, 3.63) is 89.4 Å². The topological polar surface area (TPSA) is 86.8 Å². The zero-order valence-corrected chi connectivity index (χ0v) is 20.6. The van der Waals surface area contributed by atoms with E-state index >= 15 is 0 Å². The molecule has 1 aliphatic heterocycles. The number of halogens is 1. The predicted molar refractivity (Wildman–Crippen MR) is 137 cm³/mol. The van der Waals surface area contributed by atoms with Crippen molar-refractivity contribution in [1.82, 2.24) is 4.90 Å². The number of carbonyl (C=O) groups is 2. The van der Waals surface area contributed by atoms with Crippen molar-refractivity contribution in [3.63, 3.8) is 0 Å². The molecule has 3 aromatic carbocycles. The van der Waals surface area contributed by atoms with Crippen molar-refractivity contribution in [2.75, 3.05) is 29.3 Å². The molecule has 0 bridgehead atoms. The summed E-state index contributed by atoms with van der Waals surface area (Å²) >= 11 is 5.93. The molecular weight excluding hydrogens is 486 g/mol. The first-order chi connectivity index (χ1) is 16.9. The molecular formula is C26H26ClN3O4S. The lowest BCUT2D eigenvalue weighted by molar-refractivity contribution is -0.114.